The third kappa shape index (κ3) is 5.34. The molecule has 0 N–H and O–H groups in total. The Bertz CT molecular complexity index is 909. The highest BCUT2D eigenvalue weighted by Gasteiger charge is 2.21. The molecule has 1 atom stereocenters. The number of nitrogens with zero attached hydrogens (tertiary/aromatic N) is 4. The van der Waals surface area contributed by atoms with E-state index in [-0.39, 0.29) is 0 Å². The predicted molar refractivity (Wildman–Crippen MR) is 114 cm³/mol. The monoisotopic (exact) mass is 394 g/mol. The van der Waals surface area contributed by atoms with Crippen LogP contribution in [0.3, 0.4) is 0 Å². The molecule has 29 heavy (non-hydrogen) atoms. The van der Waals surface area contributed by atoms with Crippen molar-refractivity contribution in [3.8, 4) is 5.75 Å². The highest BCUT2D eigenvalue weighted by Crippen LogP contribution is 2.20. The van der Waals surface area contributed by atoms with Gasteiger partial charge in [0.15, 0.2) is 0 Å². The van der Waals surface area contributed by atoms with Crippen molar-refractivity contribution >= 4 is 11.0 Å². The van der Waals surface area contributed by atoms with Crippen LogP contribution < -0.4 is 4.74 Å². The van der Waals surface area contributed by atoms with Crippen LogP contribution in [-0.2, 0) is 13.0 Å². The van der Waals surface area contributed by atoms with Crippen LogP contribution in [0.15, 0.2) is 47.1 Å². The lowest BCUT2D eigenvalue weighted by atomic mass is 9.97. The number of likely N-dealkylation sites (tertiary alicyclic amines) is 1. The first-order chi connectivity index (χ1) is 14.2. The van der Waals surface area contributed by atoms with Crippen LogP contribution in [0, 0.1) is 5.92 Å². The summed E-state index contributed by atoms with van der Waals surface area (Å²) in [5.41, 5.74) is 4.28. The summed E-state index contributed by atoms with van der Waals surface area (Å²) in [6.07, 6.45) is 3.70. The maximum atomic E-state index is 5.25. The summed E-state index contributed by atoms with van der Waals surface area (Å²) in [6, 6.07) is 14.6. The van der Waals surface area contributed by atoms with Crippen LogP contribution in [0.1, 0.15) is 24.0 Å². The maximum Gasteiger partial charge on any atom is 0.135 e. The molecule has 6 nitrogen and oxygen atoms in total. The zero-order chi connectivity index (χ0) is 20.1. The van der Waals surface area contributed by atoms with Gasteiger partial charge in [-0.25, -0.2) is 4.63 Å². The summed E-state index contributed by atoms with van der Waals surface area (Å²) in [5.74, 6) is 1.65. The van der Waals surface area contributed by atoms with Crippen LogP contribution >= 0.6 is 0 Å². The Morgan fingerprint density at radius 2 is 1.90 bits per heavy atom. The van der Waals surface area contributed by atoms with E-state index in [4.69, 9.17) is 9.37 Å². The largest absolute Gasteiger partial charge is 0.497 e. The summed E-state index contributed by atoms with van der Waals surface area (Å²) in [7, 11) is 3.92. The molecular formula is C23H30N4O2. The molecule has 2 aromatic carbocycles. The molecule has 6 heteroatoms. The minimum absolute atomic E-state index is 0.724. The number of benzene rings is 2. The molecule has 1 aromatic heterocycles. The molecule has 0 amide bonds. The summed E-state index contributed by atoms with van der Waals surface area (Å²) >= 11 is 0. The number of ether oxygens (including phenoxy) is 1. The summed E-state index contributed by atoms with van der Waals surface area (Å²) in [5, 5.41) is 7.83. The van der Waals surface area contributed by atoms with Gasteiger partial charge in [-0.15, -0.1) is 0 Å². The molecule has 1 fully saturated rings. The van der Waals surface area contributed by atoms with Crippen LogP contribution in [0.4, 0.5) is 0 Å². The molecule has 1 saturated heterocycles. The average molecular weight is 395 g/mol. The standard InChI is InChI=1S/C23H30N4O2/c1-26(15-19-7-10-22-23(14-19)25-29-24-22)16-20-4-3-12-27(17-20)13-11-18-5-8-21(28-2)9-6-18/h5-10,14,20H,3-4,11-13,15-17H2,1-2H3/t20-/m1/s1. The highest BCUT2D eigenvalue weighted by molar-refractivity contribution is 5.73. The van der Waals surface area contributed by atoms with Crippen LogP contribution in [-0.4, -0.2) is 60.4 Å². The van der Waals surface area contributed by atoms with Crippen LogP contribution in [0.2, 0.25) is 0 Å². The highest BCUT2D eigenvalue weighted by atomic mass is 16.6. The zero-order valence-electron chi connectivity index (χ0n) is 17.4. The van der Waals surface area contributed by atoms with Gasteiger partial charge in [0.2, 0.25) is 0 Å². The molecule has 0 spiro atoms. The van der Waals surface area contributed by atoms with Gasteiger partial charge < -0.3 is 14.5 Å². The van der Waals surface area contributed by atoms with E-state index < -0.39 is 0 Å². The van der Waals surface area contributed by atoms with Gasteiger partial charge in [0.05, 0.1) is 7.11 Å². The smallest absolute Gasteiger partial charge is 0.135 e. The fourth-order valence-corrected chi connectivity index (χ4v) is 4.33. The maximum absolute atomic E-state index is 5.25. The Balaban J connectivity index is 1.25. The van der Waals surface area contributed by atoms with Crippen molar-refractivity contribution in [2.45, 2.75) is 25.8 Å². The lowest BCUT2D eigenvalue weighted by Gasteiger charge is -2.34. The summed E-state index contributed by atoms with van der Waals surface area (Å²) < 4.78 is 10.0. The number of fused-ring (bicyclic) bond motifs is 1. The third-order valence-electron chi connectivity index (χ3n) is 5.82. The number of piperidine rings is 1. The van der Waals surface area contributed by atoms with Crippen molar-refractivity contribution in [1.29, 1.82) is 0 Å². The third-order valence-corrected chi connectivity index (χ3v) is 5.82. The molecule has 0 radical (unpaired) electrons. The minimum atomic E-state index is 0.724. The molecule has 0 saturated carbocycles. The number of hydrogen-bond donors (Lipinski definition) is 0. The molecule has 154 valence electrons. The van der Waals surface area contributed by atoms with Crippen LogP contribution in [0.5, 0.6) is 5.75 Å². The fourth-order valence-electron chi connectivity index (χ4n) is 4.33. The van der Waals surface area contributed by atoms with Gasteiger partial charge in [0.1, 0.15) is 16.8 Å². The van der Waals surface area contributed by atoms with E-state index >= 15 is 0 Å². The number of hydrogen-bond acceptors (Lipinski definition) is 6. The average Bonchev–Trinajstić information content (AvgIpc) is 3.21. The Morgan fingerprint density at radius 1 is 1.10 bits per heavy atom. The number of aromatic nitrogens is 2. The summed E-state index contributed by atoms with van der Waals surface area (Å²) in [6.45, 7) is 5.57. The molecule has 3 aromatic rings. The van der Waals surface area contributed by atoms with Gasteiger partial charge >= 0.3 is 0 Å². The summed E-state index contributed by atoms with van der Waals surface area (Å²) in [4.78, 5) is 5.05. The number of methoxy groups -OCH3 is 1. The van der Waals surface area contributed by atoms with Gasteiger partial charge in [-0.2, -0.15) is 0 Å². The Kier molecular flexibility index (Phi) is 6.42. The predicted octanol–water partition coefficient (Wildman–Crippen LogP) is 3.62. The molecule has 0 bridgehead atoms. The van der Waals surface area contributed by atoms with Gasteiger partial charge in [-0.05, 0) is 84.5 Å². The molecule has 4 rings (SSSR count). The van der Waals surface area contributed by atoms with E-state index in [1.54, 1.807) is 7.11 Å². The van der Waals surface area contributed by atoms with Gasteiger partial charge in [0, 0.05) is 26.2 Å². The number of rotatable bonds is 8. The molecule has 0 unspecified atom stereocenters. The van der Waals surface area contributed by atoms with E-state index in [1.807, 2.05) is 6.07 Å². The van der Waals surface area contributed by atoms with Gasteiger partial charge in [-0.3, -0.25) is 0 Å². The Morgan fingerprint density at radius 3 is 2.72 bits per heavy atom. The second-order valence-electron chi connectivity index (χ2n) is 8.19. The quantitative estimate of drug-likeness (QED) is 0.582. The fraction of sp³-hybridized carbons (Fsp3) is 0.478. The molecule has 2 heterocycles. The second-order valence-corrected chi connectivity index (χ2v) is 8.19. The van der Waals surface area contributed by atoms with Crippen molar-refractivity contribution in [3.63, 3.8) is 0 Å². The first kappa shape index (κ1) is 19.9. The van der Waals surface area contributed by atoms with E-state index in [2.05, 4.69) is 63.6 Å². The molecule has 0 aliphatic carbocycles. The SMILES string of the molecule is COc1ccc(CCN2CCC[C@H](CN(C)Cc3ccc4nonc4c3)C2)cc1. The van der Waals surface area contributed by atoms with E-state index in [0.717, 1.165) is 48.8 Å². The van der Waals surface area contributed by atoms with Gasteiger partial charge in [-0.1, -0.05) is 18.2 Å². The van der Waals surface area contributed by atoms with Crippen molar-refractivity contribution in [3.05, 3.63) is 53.6 Å². The Labute approximate surface area is 172 Å². The minimum Gasteiger partial charge on any atom is -0.497 e. The van der Waals surface area contributed by atoms with Crippen molar-refractivity contribution in [2.24, 2.45) is 5.92 Å². The lowest BCUT2D eigenvalue weighted by Crippen LogP contribution is -2.40. The topological polar surface area (TPSA) is 54.6 Å². The zero-order valence-corrected chi connectivity index (χ0v) is 17.4. The first-order valence-corrected chi connectivity index (χ1v) is 10.4. The molecule has 1 aliphatic heterocycles. The second kappa shape index (κ2) is 9.37. The molecular weight excluding hydrogens is 364 g/mol. The van der Waals surface area contributed by atoms with Crippen LogP contribution in [0.25, 0.3) is 11.0 Å². The van der Waals surface area contributed by atoms with Gasteiger partial charge in [0.25, 0.3) is 0 Å². The van der Waals surface area contributed by atoms with E-state index in [9.17, 15) is 0 Å². The lowest BCUT2D eigenvalue weighted by molar-refractivity contribution is 0.142. The first-order valence-electron chi connectivity index (χ1n) is 10.4. The normalized spacial score (nSPS) is 17.8. The molecule has 1 aliphatic rings. The van der Waals surface area contributed by atoms with Crippen molar-refractivity contribution in [2.75, 3.05) is 40.3 Å². The van der Waals surface area contributed by atoms with Crippen molar-refractivity contribution < 1.29 is 9.37 Å². The van der Waals surface area contributed by atoms with Crippen molar-refractivity contribution in [1.82, 2.24) is 20.1 Å². The Hall–Kier alpha value is -2.44. The van der Waals surface area contributed by atoms with E-state index in [0.29, 0.717) is 0 Å². The van der Waals surface area contributed by atoms with E-state index in [1.165, 1.54) is 37.1 Å².